The van der Waals surface area contributed by atoms with E-state index in [1.165, 1.54) is 51.6 Å². The third kappa shape index (κ3) is 16.6. The number of carbonyl (C=O) groups excluding carboxylic acids is 7. The van der Waals surface area contributed by atoms with Gasteiger partial charge in [0.2, 0.25) is 5.60 Å². The maximum absolute atomic E-state index is 14.1. The predicted octanol–water partition coefficient (Wildman–Crippen LogP) is 9.85. The standard InChI is InChI=1S/C40H49N5O9.C33H38N4O6.C7H13NO4/c1-6-26-27-19-25(52-38(50)44-17-13-24(14-18-44)43-15-9-8-10-16-43)11-12-31(27)42-34-28(26)22-45-32(34)20-30-29(35(45)47)23-51-36(48)40(30,7-2)53-33(46)21-41-37(49)54-39(3,4)5;1-3-22-23-16-21(43-32(40)36-14-10-20(11-15-36)35-12-6-5-7-13-35)8-9-27(23)34-29-24(22)18-37-28(29)17-26-25(30(37)38)19-42-31(39)33(26,41)4-2;1-7(2,3)12-6(11)8-4-5(9)10/h11-12,19-20,24H,6-10,13-18,21-23H2,1-5H3,(H,41,49);8-9,16-17,20,41H,3-7,10-15,18-19H2,1-2H3;4H2,1-3H3,(H,8,11)(H,9,10). The number of aliphatic carboxylic acids is 1. The molecule has 14 rings (SSSR count). The lowest BCUT2D eigenvalue weighted by Gasteiger charge is -2.39. The Morgan fingerprint density at radius 2 is 0.963 bits per heavy atom. The molecule has 8 aliphatic heterocycles. The van der Waals surface area contributed by atoms with Gasteiger partial charge < -0.3 is 82.7 Å². The normalized spacial score (nSPS) is 19.9. The van der Waals surface area contributed by atoms with Crippen molar-refractivity contribution in [2.45, 2.75) is 220 Å². The van der Waals surface area contributed by atoms with Gasteiger partial charge in [0.1, 0.15) is 49.0 Å². The average molecular weight is 1510 g/mol. The number of nitrogens with zero attached hydrogens (tertiary/aromatic N) is 8. The third-order valence-corrected chi connectivity index (χ3v) is 21.7. The fraction of sp³-hybridized carbons (Fsp3) is 0.550. The lowest BCUT2D eigenvalue weighted by Crippen LogP contribution is -2.49. The summed E-state index contributed by atoms with van der Waals surface area (Å²) in [6.45, 7) is 24.1. The fourth-order valence-corrected chi connectivity index (χ4v) is 16.2. The van der Waals surface area contributed by atoms with Gasteiger partial charge in [0.25, 0.3) is 11.1 Å². The number of piperidine rings is 4. The highest BCUT2D eigenvalue weighted by molar-refractivity contribution is 5.93. The van der Waals surface area contributed by atoms with Gasteiger partial charge in [0, 0.05) is 71.3 Å². The summed E-state index contributed by atoms with van der Waals surface area (Å²) in [7, 11) is 0. The van der Waals surface area contributed by atoms with Gasteiger partial charge in [-0.25, -0.2) is 38.7 Å². The molecule has 2 aromatic carbocycles. The zero-order valence-electron chi connectivity index (χ0n) is 64.0. The molecule has 4 aromatic heterocycles. The summed E-state index contributed by atoms with van der Waals surface area (Å²) in [5, 5.41) is 25.5. The molecular weight excluding hydrogens is 1400 g/mol. The second-order valence-corrected chi connectivity index (χ2v) is 31.0. The Morgan fingerprint density at radius 1 is 0.541 bits per heavy atom. The summed E-state index contributed by atoms with van der Waals surface area (Å²) in [6, 6.07) is 15.4. The van der Waals surface area contributed by atoms with Crippen molar-refractivity contribution in [3.63, 3.8) is 0 Å². The van der Waals surface area contributed by atoms with Crippen molar-refractivity contribution in [2.75, 3.05) is 65.4 Å². The number of aryl methyl sites for hydroxylation is 2. The number of benzene rings is 2. The smallest absolute Gasteiger partial charge is 0.415 e. The molecule has 6 aromatic rings. The zero-order chi connectivity index (χ0) is 78.0. The second kappa shape index (κ2) is 32.3. The summed E-state index contributed by atoms with van der Waals surface area (Å²) in [5.41, 5.74) is 2.71. The molecule has 4 saturated heterocycles. The van der Waals surface area contributed by atoms with Crippen LogP contribution in [0.15, 0.2) is 58.1 Å². The van der Waals surface area contributed by atoms with Crippen LogP contribution < -0.4 is 31.2 Å². The van der Waals surface area contributed by atoms with E-state index in [1.54, 1.807) is 93.7 Å². The molecule has 0 radical (unpaired) electrons. The van der Waals surface area contributed by atoms with Crippen LogP contribution in [0.4, 0.5) is 19.2 Å². The summed E-state index contributed by atoms with van der Waals surface area (Å²) < 4.78 is 41.4. The third-order valence-electron chi connectivity index (χ3n) is 21.7. The molecule has 0 bridgehead atoms. The van der Waals surface area contributed by atoms with Crippen LogP contribution in [-0.2, 0) is 93.2 Å². The van der Waals surface area contributed by atoms with Crippen LogP contribution in [0.1, 0.15) is 191 Å². The Bertz CT molecular complexity index is 4680. The van der Waals surface area contributed by atoms with Crippen LogP contribution in [0.2, 0.25) is 0 Å². The molecule has 109 heavy (non-hydrogen) atoms. The molecule has 584 valence electrons. The predicted molar refractivity (Wildman–Crippen MR) is 400 cm³/mol. The van der Waals surface area contributed by atoms with E-state index in [1.807, 2.05) is 36.1 Å². The van der Waals surface area contributed by atoms with Gasteiger partial charge in [-0.05, 0) is 204 Å². The maximum atomic E-state index is 14.1. The molecule has 29 heteroatoms. The van der Waals surface area contributed by atoms with E-state index < -0.39 is 71.6 Å². The van der Waals surface area contributed by atoms with E-state index in [2.05, 4.69) is 27.4 Å². The highest BCUT2D eigenvalue weighted by Gasteiger charge is 2.51. The van der Waals surface area contributed by atoms with Gasteiger partial charge in [-0.3, -0.25) is 19.2 Å². The van der Waals surface area contributed by atoms with Gasteiger partial charge in [-0.15, -0.1) is 0 Å². The molecule has 29 nitrogen and oxygen atoms in total. The number of carbonyl (C=O) groups is 8. The first-order chi connectivity index (χ1) is 51.9. The number of nitrogens with one attached hydrogen (secondary N) is 2. The van der Waals surface area contributed by atoms with Crippen LogP contribution in [0.5, 0.6) is 11.5 Å². The molecule has 4 amide bonds. The molecule has 12 heterocycles. The number of esters is 3. The van der Waals surface area contributed by atoms with Crippen molar-refractivity contribution >= 4 is 70.1 Å². The van der Waals surface area contributed by atoms with Crippen LogP contribution in [0.25, 0.3) is 44.6 Å². The molecular formula is C80H100N10O19. The lowest BCUT2D eigenvalue weighted by molar-refractivity contribution is -0.188. The topological polar surface area (TPSA) is 348 Å². The minimum absolute atomic E-state index is 0.0178. The van der Waals surface area contributed by atoms with Gasteiger partial charge in [-0.1, -0.05) is 40.5 Å². The maximum Gasteiger partial charge on any atom is 0.415 e. The van der Waals surface area contributed by atoms with E-state index in [9.17, 15) is 53.1 Å². The van der Waals surface area contributed by atoms with Crippen molar-refractivity contribution in [1.82, 2.24) is 49.3 Å². The highest BCUT2D eigenvalue weighted by atomic mass is 16.6. The second-order valence-electron chi connectivity index (χ2n) is 31.0. The van der Waals surface area contributed by atoms with E-state index in [4.69, 9.17) is 48.2 Å². The van der Waals surface area contributed by atoms with Gasteiger partial charge in [-0.2, -0.15) is 0 Å². The van der Waals surface area contributed by atoms with E-state index in [0.29, 0.717) is 109 Å². The number of pyridine rings is 4. The van der Waals surface area contributed by atoms with Crippen molar-refractivity contribution in [3.8, 4) is 34.3 Å². The minimum atomic E-state index is -1.91. The highest BCUT2D eigenvalue weighted by Crippen LogP contribution is 2.45. The Kier molecular flexibility index (Phi) is 23.3. The van der Waals surface area contributed by atoms with Crippen molar-refractivity contribution in [2.24, 2.45) is 0 Å². The number of cyclic esters (lactones) is 2. The molecule has 0 aliphatic carbocycles. The van der Waals surface area contributed by atoms with Gasteiger partial charge >= 0.3 is 48.3 Å². The molecule has 2 atom stereocenters. The number of aromatic nitrogens is 4. The Hall–Kier alpha value is -10.0. The van der Waals surface area contributed by atoms with Crippen LogP contribution >= 0.6 is 0 Å². The summed E-state index contributed by atoms with van der Waals surface area (Å²) >= 11 is 0. The van der Waals surface area contributed by atoms with Gasteiger partial charge in [0.15, 0.2) is 5.60 Å². The largest absolute Gasteiger partial charge is 0.480 e. The fourth-order valence-electron chi connectivity index (χ4n) is 16.2. The number of amides is 4. The summed E-state index contributed by atoms with van der Waals surface area (Å²) in [5.74, 6) is -2.64. The number of likely N-dealkylation sites (tertiary alicyclic amines) is 4. The molecule has 8 aliphatic rings. The Morgan fingerprint density at radius 3 is 1.38 bits per heavy atom. The molecule has 2 unspecified atom stereocenters. The number of aliphatic hydroxyl groups is 1. The lowest BCUT2D eigenvalue weighted by atomic mass is 9.85. The quantitative estimate of drug-likeness (QED) is 0.0616. The van der Waals surface area contributed by atoms with Gasteiger partial charge in [0.05, 0.1) is 58.0 Å². The van der Waals surface area contributed by atoms with Crippen molar-refractivity contribution in [3.05, 3.63) is 114 Å². The number of ether oxygens (including phenoxy) is 7. The number of carboxylic acids is 1. The number of fused-ring (bicyclic) bond motifs is 10. The number of hydrogen-bond acceptors (Lipinski definition) is 22. The van der Waals surface area contributed by atoms with Crippen LogP contribution in [0.3, 0.4) is 0 Å². The van der Waals surface area contributed by atoms with Crippen molar-refractivity contribution < 1.29 is 81.7 Å². The summed E-state index contributed by atoms with van der Waals surface area (Å²) in [4.78, 5) is 145. The molecule has 4 fully saturated rings. The number of carboxylic acid groups (broad SMARTS) is 1. The first-order valence-corrected chi connectivity index (χ1v) is 38.3. The van der Waals surface area contributed by atoms with E-state index in [-0.39, 0.29) is 67.0 Å². The van der Waals surface area contributed by atoms with Crippen molar-refractivity contribution in [1.29, 1.82) is 0 Å². The SMILES string of the molecule is CC(C)(C)OC(=O)NCC(=O)O.CCc1c2c(nc3ccc(OC(=O)N4CCC(N5CCCCC5)CC4)cc13)-c1cc3c(c(=O)n1C2)COC(=O)C3(CC)OC(=O)CNC(=O)OC(C)(C)C.CCc1c2c(nc3ccc(OC(=O)N4CCC(N5CCCCC5)CC4)cc13)-c1cc3c(c(=O)n1C2)COC(=O)C3(O)CC. The monoisotopic (exact) mass is 1500 g/mol. The average Bonchev–Trinajstić information content (AvgIpc) is 1.61. The number of rotatable bonds is 13. The van der Waals surface area contributed by atoms with Crippen LogP contribution in [0, 0.1) is 0 Å². The minimum Gasteiger partial charge on any atom is -0.480 e. The Labute approximate surface area is 631 Å². The molecule has 0 spiro atoms. The first kappa shape index (κ1) is 78.6. The zero-order valence-corrected chi connectivity index (χ0v) is 64.0. The van der Waals surface area contributed by atoms with E-state index in [0.717, 1.165) is 77.3 Å². The Balaban J connectivity index is 0.000000180. The number of alkyl carbamates (subject to hydrolysis) is 2. The van der Waals surface area contributed by atoms with E-state index >= 15 is 0 Å². The molecule has 0 saturated carbocycles. The number of hydrogen-bond donors (Lipinski definition) is 4. The summed E-state index contributed by atoms with van der Waals surface area (Å²) in [6.07, 6.45) is 10.7. The molecule has 4 N–H and O–H groups in total. The van der Waals surface area contributed by atoms with Crippen LogP contribution in [-0.4, -0.2) is 186 Å². The first-order valence-electron chi connectivity index (χ1n) is 38.3.